The smallest absolute Gasteiger partial charge is 0.348 e. The Bertz CT molecular complexity index is 1150. The summed E-state index contributed by atoms with van der Waals surface area (Å²) < 4.78 is 11.2. The Labute approximate surface area is 179 Å². The third-order valence-electron chi connectivity index (χ3n) is 5.22. The van der Waals surface area contributed by atoms with E-state index in [2.05, 4.69) is 4.74 Å². The molecule has 0 aromatic carbocycles. The molecule has 0 radical (unpaired) electrons. The highest BCUT2D eigenvalue weighted by molar-refractivity contribution is 5.98. The van der Waals surface area contributed by atoms with Crippen molar-refractivity contribution < 1.29 is 19.1 Å². The maximum Gasteiger partial charge on any atom is 0.348 e. The first-order valence-electron chi connectivity index (χ1n) is 10.0. The largest absolute Gasteiger partial charge is 0.466 e. The van der Waals surface area contributed by atoms with Crippen LogP contribution in [0, 0.1) is 24.2 Å². The van der Waals surface area contributed by atoms with Crippen LogP contribution in [0.25, 0.3) is 11.7 Å². The number of esters is 2. The van der Waals surface area contributed by atoms with Crippen LogP contribution in [0.4, 0.5) is 5.82 Å². The molecule has 162 valence electrons. The molecule has 0 N–H and O–H groups in total. The molecule has 1 aliphatic rings. The molecule has 31 heavy (non-hydrogen) atoms. The van der Waals surface area contributed by atoms with Crippen LogP contribution in [-0.4, -0.2) is 48.1 Å². The summed E-state index contributed by atoms with van der Waals surface area (Å²) in [5.41, 5.74) is 0.626. The molecule has 0 saturated carbocycles. The van der Waals surface area contributed by atoms with Crippen LogP contribution in [0.5, 0.6) is 0 Å². The molecule has 2 aromatic heterocycles. The van der Waals surface area contributed by atoms with E-state index in [9.17, 15) is 19.6 Å². The van der Waals surface area contributed by atoms with Gasteiger partial charge < -0.3 is 14.4 Å². The molecule has 1 atom stereocenters. The number of rotatable bonds is 5. The third kappa shape index (κ3) is 4.43. The molecule has 3 heterocycles. The second-order valence-electron chi connectivity index (χ2n) is 7.24. The minimum absolute atomic E-state index is 0.0922. The summed E-state index contributed by atoms with van der Waals surface area (Å²) in [5, 5.41) is 9.39. The van der Waals surface area contributed by atoms with Crippen LogP contribution in [0.2, 0.25) is 0 Å². The molecule has 1 saturated heterocycles. The standard InChI is InChI=1S/C22H24N4O5/c1-4-31-22(29)15-8-6-9-25(13-15)19-17(11-16(12-23)21(28)30-3)20(27)26-10-5-7-14(2)18(26)24-19/h5,7,10-11,15H,4,6,8-9,13H2,1-3H3. The number of nitriles is 1. The van der Waals surface area contributed by atoms with Gasteiger partial charge in [0.1, 0.15) is 23.1 Å². The number of nitrogens with zero attached hydrogens (tertiary/aromatic N) is 4. The lowest BCUT2D eigenvalue weighted by molar-refractivity contribution is -0.148. The number of fused-ring (bicyclic) bond motifs is 1. The zero-order valence-electron chi connectivity index (χ0n) is 17.8. The predicted molar refractivity (Wildman–Crippen MR) is 113 cm³/mol. The molecule has 0 aliphatic carbocycles. The van der Waals surface area contributed by atoms with Crippen molar-refractivity contribution in [3.05, 3.63) is 45.4 Å². The second-order valence-corrected chi connectivity index (χ2v) is 7.24. The lowest BCUT2D eigenvalue weighted by Gasteiger charge is -2.33. The minimum Gasteiger partial charge on any atom is -0.466 e. The molecule has 2 aromatic rings. The fourth-order valence-corrected chi connectivity index (χ4v) is 3.68. The first-order chi connectivity index (χ1) is 14.9. The number of carbonyl (C=O) groups excluding carboxylic acids is 2. The van der Waals surface area contributed by atoms with Gasteiger partial charge in [0.15, 0.2) is 0 Å². The fraction of sp³-hybridized carbons (Fsp3) is 0.409. The Balaban J connectivity index is 2.19. The molecule has 0 bridgehead atoms. The molecule has 1 fully saturated rings. The van der Waals surface area contributed by atoms with E-state index in [1.807, 2.05) is 17.9 Å². The number of hydrogen-bond donors (Lipinski definition) is 0. The van der Waals surface area contributed by atoms with E-state index in [0.717, 1.165) is 12.7 Å². The number of anilines is 1. The zero-order chi connectivity index (χ0) is 22.5. The molecule has 0 amide bonds. The van der Waals surface area contributed by atoms with Gasteiger partial charge in [0.25, 0.3) is 5.56 Å². The molecule has 1 unspecified atom stereocenters. The molecule has 3 rings (SSSR count). The molecular weight excluding hydrogens is 400 g/mol. The number of aromatic nitrogens is 2. The van der Waals surface area contributed by atoms with E-state index in [1.165, 1.54) is 10.5 Å². The van der Waals surface area contributed by atoms with Gasteiger partial charge in [-0.1, -0.05) is 6.07 Å². The van der Waals surface area contributed by atoms with Crippen molar-refractivity contribution >= 4 is 29.5 Å². The predicted octanol–water partition coefficient (Wildman–Crippen LogP) is 1.86. The van der Waals surface area contributed by atoms with Crippen molar-refractivity contribution in [1.29, 1.82) is 5.26 Å². The van der Waals surface area contributed by atoms with Crippen molar-refractivity contribution in [3.8, 4) is 6.07 Å². The zero-order valence-corrected chi connectivity index (χ0v) is 17.8. The van der Waals surface area contributed by atoms with Gasteiger partial charge in [0.05, 0.1) is 25.2 Å². The van der Waals surface area contributed by atoms with Gasteiger partial charge in [-0.15, -0.1) is 0 Å². The lowest BCUT2D eigenvalue weighted by atomic mass is 9.97. The monoisotopic (exact) mass is 424 g/mol. The van der Waals surface area contributed by atoms with Crippen molar-refractivity contribution in [3.63, 3.8) is 0 Å². The van der Waals surface area contributed by atoms with Crippen molar-refractivity contribution in [2.45, 2.75) is 26.7 Å². The van der Waals surface area contributed by atoms with E-state index in [-0.39, 0.29) is 23.0 Å². The third-order valence-corrected chi connectivity index (χ3v) is 5.22. The fourth-order valence-electron chi connectivity index (χ4n) is 3.68. The van der Waals surface area contributed by atoms with Crippen LogP contribution in [-0.2, 0) is 19.1 Å². The molecular formula is C22H24N4O5. The Hall–Kier alpha value is -3.67. The Morgan fingerprint density at radius 2 is 2.19 bits per heavy atom. The maximum atomic E-state index is 13.3. The Morgan fingerprint density at radius 3 is 2.87 bits per heavy atom. The number of carbonyl (C=O) groups is 2. The van der Waals surface area contributed by atoms with Gasteiger partial charge in [-0.25, -0.2) is 9.78 Å². The highest BCUT2D eigenvalue weighted by atomic mass is 16.5. The van der Waals surface area contributed by atoms with Crippen LogP contribution in [0.15, 0.2) is 28.7 Å². The number of methoxy groups -OCH3 is 1. The van der Waals surface area contributed by atoms with E-state index < -0.39 is 11.5 Å². The van der Waals surface area contributed by atoms with Gasteiger partial charge in [-0.2, -0.15) is 5.26 Å². The van der Waals surface area contributed by atoms with Gasteiger partial charge in [-0.05, 0) is 44.4 Å². The maximum absolute atomic E-state index is 13.3. The van der Waals surface area contributed by atoms with E-state index in [1.54, 1.807) is 25.3 Å². The number of hydrogen-bond acceptors (Lipinski definition) is 8. The summed E-state index contributed by atoms with van der Waals surface area (Å²) in [6, 6.07) is 5.34. The molecule has 1 aliphatic heterocycles. The highest BCUT2D eigenvalue weighted by Gasteiger charge is 2.30. The summed E-state index contributed by atoms with van der Waals surface area (Å²) in [5.74, 6) is -1.15. The number of piperidine rings is 1. The van der Waals surface area contributed by atoms with E-state index in [4.69, 9.17) is 9.72 Å². The van der Waals surface area contributed by atoms with Crippen LogP contribution < -0.4 is 10.5 Å². The lowest BCUT2D eigenvalue weighted by Crippen LogP contribution is -2.41. The quantitative estimate of drug-likeness (QED) is 0.406. The van der Waals surface area contributed by atoms with Crippen molar-refractivity contribution in [2.75, 3.05) is 31.7 Å². The summed E-state index contributed by atoms with van der Waals surface area (Å²) in [6.07, 6.45) is 4.18. The first kappa shape index (κ1) is 22.0. The summed E-state index contributed by atoms with van der Waals surface area (Å²) in [6.45, 7) is 4.79. The number of pyridine rings is 1. The van der Waals surface area contributed by atoms with Gasteiger partial charge in [0, 0.05) is 19.3 Å². The highest BCUT2D eigenvalue weighted by Crippen LogP contribution is 2.26. The average molecular weight is 424 g/mol. The summed E-state index contributed by atoms with van der Waals surface area (Å²) >= 11 is 0. The molecule has 9 heteroatoms. The van der Waals surface area contributed by atoms with Gasteiger partial charge >= 0.3 is 11.9 Å². The Morgan fingerprint density at radius 1 is 1.42 bits per heavy atom. The number of aryl methyl sites for hydroxylation is 1. The van der Waals surface area contributed by atoms with Crippen LogP contribution >= 0.6 is 0 Å². The van der Waals surface area contributed by atoms with Crippen LogP contribution in [0.3, 0.4) is 0 Å². The summed E-state index contributed by atoms with van der Waals surface area (Å²) in [7, 11) is 1.16. The minimum atomic E-state index is -0.842. The molecule has 9 nitrogen and oxygen atoms in total. The van der Waals surface area contributed by atoms with Gasteiger partial charge in [-0.3, -0.25) is 14.0 Å². The van der Waals surface area contributed by atoms with Crippen LogP contribution in [0.1, 0.15) is 30.9 Å². The normalized spacial score (nSPS) is 16.6. The SMILES string of the molecule is CCOC(=O)C1CCCN(c2nc3c(C)cccn3c(=O)c2C=C(C#N)C(=O)OC)C1. The summed E-state index contributed by atoms with van der Waals surface area (Å²) in [4.78, 5) is 44.1. The number of ether oxygens (including phenoxy) is 2. The van der Waals surface area contributed by atoms with Crippen molar-refractivity contribution in [1.82, 2.24) is 9.38 Å². The second kappa shape index (κ2) is 9.43. The van der Waals surface area contributed by atoms with Gasteiger partial charge in [0.2, 0.25) is 0 Å². The first-order valence-corrected chi connectivity index (χ1v) is 10.0. The topological polar surface area (TPSA) is 114 Å². The average Bonchev–Trinajstić information content (AvgIpc) is 2.78. The molecule has 0 spiro atoms. The van der Waals surface area contributed by atoms with E-state index >= 15 is 0 Å². The van der Waals surface area contributed by atoms with Crippen molar-refractivity contribution in [2.24, 2.45) is 5.92 Å². The Kier molecular flexibility index (Phi) is 6.70. The van der Waals surface area contributed by atoms with E-state index in [0.29, 0.717) is 44.0 Å².